The minimum Gasteiger partial charge on any atom is -0.456 e. The molecule has 0 aromatic rings. The van der Waals surface area contributed by atoms with Crippen molar-refractivity contribution in [1.29, 1.82) is 0 Å². The number of esters is 1. The van der Waals surface area contributed by atoms with E-state index in [0.717, 1.165) is 0 Å². The average Bonchev–Trinajstić information content (AvgIpc) is 2.31. The Labute approximate surface area is 125 Å². The minimum absolute atomic E-state index is 0.186. The Morgan fingerprint density at radius 3 is 2.14 bits per heavy atom. The van der Waals surface area contributed by atoms with Gasteiger partial charge >= 0.3 is 12.1 Å². The summed E-state index contributed by atoms with van der Waals surface area (Å²) >= 11 is 0. The van der Waals surface area contributed by atoms with Gasteiger partial charge in [0.1, 0.15) is 11.6 Å². The number of carbonyl (C=O) groups is 3. The Balaban J connectivity index is 4.80. The quantitative estimate of drug-likeness (QED) is 0.369. The minimum atomic E-state index is -0.846. The van der Waals surface area contributed by atoms with E-state index >= 15 is 0 Å². The van der Waals surface area contributed by atoms with Gasteiger partial charge in [0.25, 0.3) is 0 Å². The molecule has 6 nitrogen and oxygen atoms in total. The highest BCUT2D eigenvalue weighted by atomic mass is 16.6. The summed E-state index contributed by atoms with van der Waals surface area (Å²) in [5.41, 5.74) is -0.661. The molecule has 1 atom stereocenters. The molecule has 0 saturated carbocycles. The first-order chi connectivity index (χ1) is 9.56. The predicted octanol–water partition coefficient (Wildman–Crippen LogP) is 1.67. The van der Waals surface area contributed by atoms with Gasteiger partial charge in [0.05, 0.1) is 6.61 Å². The molecule has 0 rings (SSSR count). The highest BCUT2D eigenvalue weighted by Gasteiger charge is 2.25. The maximum Gasteiger partial charge on any atom is 0.408 e. The third-order valence-corrected chi connectivity index (χ3v) is 2.18. The first-order valence-corrected chi connectivity index (χ1v) is 6.79. The maximum atomic E-state index is 11.9. The zero-order valence-corrected chi connectivity index (χ0v) is 13.4. The number of rotatable bonds is 4. The maximum absolute atomic E-state index is 11.9. The van der Waals surface area contributed by atoms with Crippen molar-refractivity contribution < 1.29 is 23.9 Å². The molecule has 1 unspecified atom stereocenters. The van der Waals surface area contributed by atoms with Crippen LogP contribution < -0.4 is 5.32 Å². The van der Waals surface area contributed by atoms with Crippen LogP contribution in [-0.4, -0.2) is 36.1 Å². The molecule has 0 aliphatic rings. The Morgan fingerprint density at radius 1 is 1.14 bits per heavy atom. The van der Waals surface area contributed by atoms with Crippen molar-refractivity contribution in [2.45, 2.75) is 53.2 Å². The van der Waals surface area contributed by atoms with E-state index < -0.39 is 29.5 Å². The predicted molar refractivity (Wildman–Crippen MR) is 77.4 cm³/mol. The molecule has 0 radical (unpaired) electrons. The summed E-state index contributed by atoms with van der Waals surface area (Å²) in [6, 6.07) is -0.846. The topological polar surface area (TPSA) is 81.7 Å². The molecule has 1 N–H and O–H groups in total. The van der Waals surface area contributed by atoms with Gasteiger partial charge in [-0.05, 0) is 39.5 Å². The van der Waals surface area contributed by atoms with Crippen LogP contribution in [0.5, 0.6) is 0 Å². The lowest BCUT2D eigenvalue weighted by molar-refractivity contribution is -0.136. The number of carbonyl (C=O) groups excluding carboxylic acids is 3. The Bertz CT molecular complexity index is 451. The van der Waals surface area contributed by atoms with Crippen LogP contribution in [0, 0.1) is 17.8 Å². The zero-order chi connectivity index (χ0) is 16.6. The first-order valence-electron chi connectivity index (χ1n) is 6.79. The van der Waals surface area contributed by atoms with Gasteiger partial charge in [0.15, 0.2) is 0 Å². The second-order valence-electron chi connectivity index (χ2n) is 5.70. The fourth-order valence-electron chi connectivity index (χ4n) is 1.33. The van der Waals surface area contributed by atoms with Gasteiger partial charge < -0.3 is 14.8 Å². The normalized spacial score (nSPS) is 12.0. The number of hydrogen-bond donors (Lipinski definition) is 1. The lowest BCUT2D eigenvalue weighted by Gasteiger charge is -2.23. The SMILES string of the molecule is CCOC(=O)C#CC(=O)C(NC(=O)OC(C)(C)C)C(C)C. The van der Waals surface area contributed by atoms with E-state index in [9.17, 15) is 14.4 Å². The molecule has 0 heterocycles. The van der Waals surface area contributed by atoms with Gasteiger partial charge in [0, 0.05) is 5.92 Å². The van der Waals surface area contributed by atoms with Crippen LogP contribution in [0.25, 0.3) is 0 Å². The number of Topliss-reactive ketones (excluding diaryl/α,β-unsaturated/α-hetero) is 1. The molecule has 0 aromatic carbocycles. The number of nitrogens with one attached hydrogen (secondary N) is 1. The smallest absolute Gasteiger partial charge is 0.408 e. The molecule has 0 saturated heterocycles. The standard InChI is InChI=1S/C15H23NO5/c1-7-20-12(18)9-8-11(17)13(10(2)3)16-14(19)21-15(4,5)6/h10,13H,7H2,1-6H3,(H,16,19). The summed E-state index contributed by atoms with van der Waals surface area (Å²) in [5.74, 6) is 2.74. The van der Waals surface area contributed by atoms with Gasteiger partial charge in [-0.25, -0.2) is 9.59 Å². The molecule has 0 bridgehead atoms. The summed E-state index contributed by atoms with van der Waals surface area (Å²) in [4.78, 5) is 34.7. The lowest BCUT2D eigenvalue weighted by atomic mass is 10.0. The largest absolute Gasteiger partial charge is 0.456 e. The molecule has 1 amide bonds. The van der Waals surface area contributed by atoms with Crippen LogP contribution in [-0.2, 0) is 19.1 Å². The molecule has 0 aliphatic heterocycles. The van der Waals surface area contributed by atoms with Crippen LogP contribution >= 0.6 is 0 Å². The Kier molecular flexibility index (Phi) is 7.50. The molecule has 0 aliphatic carbocycles. The van der Waals surface area contributed by atoms with Crippen LogP contribution in [0.3, 0.4) is 0 Å². The van der Waals surface area contributed by atoms with E-state index in [4.69, 9.17) is 4.74 Å². The first kappa shape index (κ1) is 19.0. The van der Waals surface area contributed by atoms with Gasteiger partial charge in [-0.3, -0.25) is 4.79 Å². The van der Waals surface area contributed by atoms with Crippen molar-refractivity contribution >= 4 is 17.8 Å². The fraction of sp³-hybridized carbons (Fsp3) is 0.667. The number of ether oxygens (including phenoxy) is 2. The van der Waals surface area contributed by atoms with Crippen molar-refractivity contribution in [3.8, 4) is 11.8 Å². The van der Waals surface area contributed by atoms with Crippen molar-refractivity contribution in [3.05, 3.63) is 0 Å². The highest BCUT2D eigenvalue weighted by molar-refractivity contribution is 6.05. The van der Waals surface area contributed by atoms with E-state index in [2.05, 4.69) is 21.9 Å². The van der Waals surface area contributed by atoms with Gasteiger partial charge in [-0.15, -0.1) is 0 Å². The van der Waals surface area contributed by atoms with E-state index in [-0.39, 0.29) is 12.5 Å². The van der Waals surface area contributed by atoms with Crippen LogP contribution in [0.15, 0.2) is 0 Å². The molecule has 21 heavy (non-hydrogen) atoms. The van der Waals surface area contributed by atoms with Gasteiger partial charge in [0.2, 0.25) is 5.78 Å². The summed E-state index contributed by atoms with van der Waals surface area (Å²) in [6.45, 7) is 10.5. The molecule has 6 heteroatoms. The summed E-state index contributed by atoms with van der Waals surface area (Å²) < 4.78 is 9.69. The molecular formula is C15H23NO5. The average molecular weight is 297 g/mol. The van der Waals surface area contributed by atoms with Gasteiger partial charge in [-0.2, -0.15) is 0 Å². The van der Waals surface area contributed by atoms with Crippen LogP contribution in [0.4, 0.5) is 4.79 Å². The lowest BCUT2D eigenvalue weighted by Crippen LogP contribution is -2.46. The number of hydrogen-bond acceptors (Lipinski definition) is 5. The summed E-state index contributed by atoms with van der Waals surface area (Å²) in [7, 11) is 0. The van der Waals surface area contributed by atoms with E-state index in [1.165, 1.54) is 0 Å². The highest BCUT2D eigenvalue weighted by Crippen LogP contribution is 2.09. The van der Waals surface area contributed by atoms with Crippen molar-refractivity contribution in [3.63, 3.8) is 0 Å². The van der Waals surface area contributed by atoms with Crippen LogP contribution in [0.1, 0.15) is 41.5 Å². The molecule has 0 fully saturated rings. The molecular weight excluding hydrogens is 274 g/mol. The van der Waals surface area contributed by atoms with Crippen molar-refractivity contribution in [2.75, 3.05) is 6.61 Å². The number of amides is 1. The molecule has 118 valence electrons. The number of alkyl carbamates (subject to hydrolysis) is 1. The third kappa shape index (κ3) is 8.69. The van der Waals surface area contributed by atoms with E-state index in [1.54, 1.807) is 41.5 Å². The fourth-order valence-corrected chi connectivity index (χ4v) is 1.33. The second kappa shape index (κ2) is 8.30. The van der Waals surface area contributed by atoms with Crippen molar-refractivity contribution in [2.24, 2.45) is 5.92 Å². The van der Waals surface area contributed by atoms with Gasteiger partial charge in [-0.1, -0.05) is 13.8 Å². The monoisotopic (exact) mass is 297 g/mol. The molecule has 0 spiro atoms. The molecule has 0 aromatic heterocycles. The summed E-state index contributed by atoms with van der Waals surface area (Å²) in [6.07, 6.45) is -0.701. The summed E-state index contributed by atoms with van der Waals surface area (Å²) in [5, 5.41) is 2.46. The van der Waals surface area contributed by atoms with E-state index in [0.29, 0.717) is 0 Å². The van der Waals surface area contributed by atoms with Crippen LogP contribution in [0.2, 0.25) is 0 Å². The Morgan fingerprint density at radius 2 is 1.71 bits per heavy atom. The third-order valence-electron chi connectivity index (χ3n) is 2.18. The Hall–Kier alpha value is -2.03. The van der Waals surface area contributed by atoms with E-state index in [1.807, 2.05) is 0 Å². The van der Waals surface area contributed by atoms with Crippen molar-refractivity contribution in [1.82, 2.24) is 5.32 Å². The number of ketones is 1. The second-order valence-corrected chi connectivity index (χ2v) is 5.70. The zero-order valence-electron chi connectivity index (χ0n) is 13.4.